The van der Waals surface area contributed by atoms with Crippen molar-refractivity contribution in [3.8, 4) is 11.3 Å². The van der Waals surface area contributed by atoms with Gasteiger partial charge in [-0.1, -0.05) is 11.6 Å². The average molecular weight is 412 g/mol. The van der Waals surface area contributed by atoms with E-state index >= 15 is 0 Å². The number of aromatic nitrogens is 2. The first-order valence-electron chi connectivity index (χ1n) is 8.83. The molecule has 9 heteroatoms. The SMILES string of the molecule is CC(C)(C)OC(=O)N1Cc2cc(-c3ccc(F)c(Cl)c3)nn2C(CO)(CO)C1. The molecular weight excluding hydrogens is 389 g/mol. The van der Waals surface area contributed by atoms with E-state index in [9.17, 15) is 19.4 Å². The number of nitrogens with zero attached hydrogens (tertiary/aromatic N) is 3. The lowest BCUT2D eigenvalue weighted by Crippen LogP contribution is -2.57. The molecule has 0 aliphatic carbocycles. The van der Waals surface area contributed by atoms with Gasteiger partial charge >= 0.3 is 6.09 Å². The highest BCUT2D eigenvalue weighted by Gasteiger charge is 2.42. The summed E-state index contributed by atoms with van der Waals surface area (Å²) >= 11 is 5.87. The van der Waals surface area contributed by atoms with Crippen LogP contribution in [0.5, 0.6) is 0 Å². The largest absolute Gasteiger partial charge is 0.444 e. The van der Waals surface area contributed by atoms with Crippen LogP contribution in [-0.2, 0) is 16.8 Å². The van der Waals surface area contributed by atoms with Crippen molar-refractivity contribution in [2.24, 2.45) is 0 Å². The smallest absolute Gasteiger partial charge is 0.410 e. The van der Waals surface area contributed by atoms with Gasteiger partial charge in [0.2, 0.25) is 0 Å². The van der Waals surface area contributed by atoms with E-state index in [1.54, 1.807) is 32.9 Å². The Morgan fingerprint density at radius 3 is 2.57 bits per heavy atom. The van der Waals surface area contributed by atoms with E-state index in [-0.39, 0.29) is 18.1 Å². The van der Waals surface area contributed by atoms with E-state index in [0.29, 0.717) is 17.0 Å². The minimum absolute atomic E-state index is 0.0329. The molecule has 2 N–H and O–H groups in total. The molecule has 0 radical (unpaired) electrons. The summed E-state index contributed by atoms with van der Waals surface area (Å²) in [6.45, 7) is 4.66. The number of aliphatic hydroxyl groups is 2. The molecule has 2 aromatic rings. The molecule has 0 saturated heterocycles. The van der Waals surface area contributed by atoms with Gasteiger partial charge in [0, 0.05) is 5.56 Å². The predicted molar refractivity (Wildman–Crippen MR) is 101 cm³/mol. The normalized spacial score (nSPS) is 16.0. The standard InChI is InChI=1S/C19H23ClFN3O4/c1-18(2,3)28-17(27)23-8-13-7-16(12-4-5-15(21)14(20)6-12)22-24(13)19(9-23,10-25)11-26/h4-7,25-26H,8-11H2,1-3H3. The van der Waals surface area contributed by atoms with Crippen molar-refractivity contribution in [2.75, 3.05) is 19.8 Å². The van der Waals surface area contributed by atoms with Crippen LogP contribution in [0.15, 0.2) is 24.3 Å². The summed E-state index contributed by atoms with van der Waals surface area (Å²) in [4.78, 5) is 14.0. The Morgan fingerprint density at radius 2 is 2.00 bits per heavy atom. The lowest BCUT2D eigenvalue weighted by atomic mass is 9.98. The second-order valence-corrected chi connectivity index (χ2v) is 8.35. The van der Waals surface area contributed by atoms with Crippen molar-refractivity contribution in [2.45, 2.75) is 38.5 Å². The Hall–Kier alpha value is -2.16. The second-order valence-electron chi connectivity index (χ2n) is 7.94. The zero-order valence-corrected chi connectivity index (χ0v) is 16.7. The van der Waals surface area contributed by atoms with Crippen LogP contribution < -0.4 is 0 Å². The molecule has 0 fully saturated rings. The molecule has 1 aliphatic heterocycles. The van der Waals surface area contributed by atoms with Crippen molar-refractivity contribution in [1.82, 2.24) is 14.7 Å². The van der Waals surface area contributed by atoms with Crippen LogP contribution in [0.1, 0.15) is 26.5 Å². The van der Waals surface area contributed by atoms with Gasteiger partial charge in [0.1, 0.15) is 17.0 Å². The van der Waals surface area contributed by atoms with E-state index in [4.69, 9.17) is 16.3 Å². The molecule has 1 aromatic heterocycles. The van der Waals surface area contributed by atoms with Crippen LogP contribution in [0, 0.1) is 5.82 Å². The van der Waals surface area contributed by atoms with E-state index < -0.39 is 36.3 Å². The Kier molecular flexibility index (Phi) is 5.40. The number of amides is 1. The molecule has 152 valence electrons. The molecule has 3 rings (SSSR count). The molecule has 0 bridgehead atoms. The third-order valence-corrected chi connectivity index (χ3v) is 4.82. The maximum absolute atomic E-state index is 13.5. The number of carbonyl (C=O) groups is 1. The average Bonchev–Trinajstić information content (AvgIpc) is 3.06. The summed E-state index contributed by atoms with van der Waals surface area (Å²) < 4.78 is 20.4. The van der Waals surface area contributed by atoms with E-state index in [2.05, 4.69) is 5.10 Å². The monoisotopic (exact) mass is 411 g/mol. The van der Waals surface area contributed by atoms with Crippen molar-refractivity contribution >= 4 is 17.7 Å². The summed E-state index contributed by atoms with van der Waals surface area (Å²) in [5.74, 6) is -0.537. The molecule has 2 heterocycles. The summed E-state index contributed by atoms with van der Waals surface area (Å²) in [5.41, 5.74) is -0.190. The van der Waals surface area contributed by atoms with Crippen LogP contribution in [0.3, 0.4) is 0 Å². The van der Waals surface area contributed by atoms with Crippen LogP contribution >= 0.6 is 11.6 Å². The number of carbonyl (C=O) groups excluding carboxylic acids is 1. The zero-order valence-electron chi connectivity index (χ0n) is 15.9. The lowest BCUT2D eigenvalue weighted by Gasteiger charge is -2.41. The highest BCUT2D eigenvalue weighted by molar-refractivity contribution is 6.31. The van der Waals surface area contributed by atoms with Crippen LogP contribution in [-0.4, -0.2) is 56.3 Å². The van der Waals surface area contributed by atoms with Gasteiger partial charge in [-0.25, -0.2) is 9.18 Å². The lowest BCUT2D eigenvalue weighted by molar-refractivity contribution is -0.0228. The van der Waals surface area contributed by atoms with Crippen LogP contribution in [0.25, 0.3) is 11.3 Å². The van der Waals surface area contributed by atoms with Crippen molar-refractivity contribution in [1.29, 1.82) is 0 Å². The number of rotatable bonds is 3. The van der Waals surface area contributed by atoms with Gasteiger partial charge in [-0.2, -0.15) is 5.10 Å². The number of ether oxygens (including phenoxy) is 1. The van der Waals surface area contributed by atoms with Crippen molar-refractivity contribution in [3.63, 3.8) is 0 Å². The first-order chi connectivity index (χ1) is 13.1. The van der Waals surface area contributed by atoms with Gasteiger partial charge in [-0.05, 0) is 45.0 Å². The first-order valence-corrected chi connectivity index (χ1v) is 9.21. The van der Waals surface area contributed by atoms with Crippen molar-refractivity contribution < 1.29 is 24.1 Å². The zero-order chi connectivity index (χ0) is 20.7. The minimum Gasteiger partial charge on any atom is -0.444 e. The number of hydrogen-bond donors (Lipinski definition) is 2. The van der Waals surface area contributed by atoms with Gasteiger partial charge in [0.25, 0.3) is 0 Å². The van der Waals surface area contributed by atoms with Gasteiger partial charge in [0.05, 0.1) is 42.7 Å². The van der Waals surface area contributed by atoms with Gasteiger partial charge in [0.15, 0.2) is 0 Å². The molecule has 0 spiro atoms. The summed E-state index contributed by atoms with van der Waals surface area (Å²) in [5, 5.41) is 24.5. The summed E-state index contributed by atoms with van der Waals surface area (Å²) in [6.07, 6.45) is -0.544. The maximum atomic E-state index is 13.5. The Labute approximate surface area is 167 Å². The maximum Gasteiger partial charge on any atom is 0.410 e. The molecular formula is C19H23ClFN3O4. The quantitative estimate of drug-likeness (QED) is 0.810. The summed E-state index contributed by atoms with van der Waals surface area (Å²) in [6, 6.07) is 5.96. The Balaban J connectivity index is 2.00. The van der Waals surface area contributed by atoms with Gasteiger partial charge < -0.3 is 14.9 Å². The van der Waals surface area contributed by atoms with Gasteiger partial charge in [-0.15, -0.1) is 0 Å². The minimum atomic E-state index is -1.20. The molecule has 1 aliphatic rings. The van der Waals surface area contributed by atoms with Crippen LogP contribution in [0.2, 0.25) is 5.02 Å². The number of aliphatic hydroxyl groups excluding tert-OH is 2. The fourth-order valence-corrected chi connectivity index (χ4v) is 3.33. The third-order valence-electron chi connectivity index (χ3n) is 4.53. The molecule has 28 heavy (non-hydrogen) atoms. The third kappa shape index (κ3) is 3.85. The first kappa shape index (κ1) is 20.6. The topological polar surface area (TPSA) is 87.8 Å². The molecule has 1 amide bonds. The molecule has 0 atom stereocenters. The van der Waals surface area contributed by atoms with E-state index in [0.717, 1.165) is 0 Å². The predicted octanol–water partition coefficient (Wildman–Crippen LogP) is 2.77. The van der Waals surface area contributed by atoms with Crippen LogP contribution in [0.4, 0.5) is 9.18 Å². The number of fused-ring (bicyclic) bond motifs is 1. The second kappa shape index (κ2) is 7.35. The Bertz CT molecular complexity index is 890. The fourth-order valence-electron chi connectivity index (χ4n) is 3.15. The number of halogens is 2. The highest BCUT2D eigenvalue weighted by Crippen LogP contribution is 2.32. The Morgan fingerprint density at radius 1 is 1.32 bits per heavy atom. The molecule has 1 aromatic carbocycles. The van der Waals surface area contributed by atoms with E-state index in [1.165, 1.54) is 21.7 Å². The molecule has 0 saturated carbocycles. The number of hydrogen-bond acceptors (Lipinski definition) is 5. The molecule has 0 unspecified atom stereocenters. The highest BCUT2D eigenvalue weighted by atomic mass is 35.5. The molecule has 7 nitrogen and oxygen atoms in total. The number of benzene rings is 1. The summed E-state index contributed by atoms with van der Waals surface area (Å²) in [7, 11) is 0. The van der Waals surface area contributed by atoms with E-state index in [1.807, 2.05) is 0 Å². The van der Waals surface area contributed by atoms with Gasteiger partial charge in [-0.3, -0.25) is 9.58 Å². The van der Waals surface area contributed by atoms with Crippen molar-refractivity contribution in [3.05, 3.63) is 40.8 Å². The fraction of sp³-hybridized carbons (Fsp3) is 0.474.